The van der Waals surface area contributed by atoms with Crippen LogP contribution < -0.4 is 5.32 Å². The summed E-state index contributed by atoms with van der Waals surface area (Å²) in [6.45, 7) is 1.73. The molecule has 0 saturated heterocycles. The zero-order chi connectivity index (χ0) is 16.8. The highest BCUT2D eigenvalue weighted by molar-refractivity contribution is 5.98. The number of hydrogen-bond donors (Lipinski definition) is 1. The van der Waals surface area contributed by atoms with Crippen molar-refractivity contribution in [2.75, 3.05) is 7.11 Å². The van der Waals surface area contributed by atoms with Crippen molar-refractivity contribution < 1.29 is 19.1 Å². The highest BCUT2D eigenvalue weighted by Crippen LogP contribution is 2.23. The molecule has 5 nitrogen and oxygen atoms in total. The minimum atomic E-state index is -0.369. The van der Waals surface area contributed by atoms with Crippen molar-refractivity contribution in [1.82, 2.24) is 5.32 Å². The predicted molar refractivity (Wildman–Crippen MR) is 86.3 cm³/mol. The lowest BCUT2D eigenvalue weighted by molar-refractivity contribution is -0.141. The first-order chi connectivity index (χ1) is 11.0. The lowest BCUT2D eigenvalue weighted by Gasteiger charge is -2.12. The molecule has 0 bridgehead atoms. The van der Waals surface area contributed by atoms with Crippen molar-refractivity contribution in [1.29, 1.82) is 0 Å². The SMILES string of the molecule is COC(=O)CC(C)NC(=O)CCC(=O)c1ccc2c(c1)CCC2. The number of nitrogens with one attached hydrogen (secondary N) is 1. The molecule has 2 rings (SSSR count). The Morgan fingerprint density at radius 3 is 2.65 bits per heavy atom. The first kappa shape index (κ1) is 17.2. The summed E-state index contributed by atoms with van der Waals surface area (Å²) in [4.78, 5) is 35.2. The van der Waals surface area contributed by atoms with Crippen LogP contribution in [0.3, 0.4) is 0 Å². The number of fused-ring (bicyclic) bond motifs is 1. The minimum Gasteiger partial charge on any atom is -0.469 e. The Morgan fingerprint density at radius 1 is 1.17 bits per heavy atom. The molecule has 1 atom stereocenters. The normalized spacial score (nSPS) is 14.0. The van der Waals surface area contributed by atoms with E-state index in [9.17, 15) is 14.4 Å². The van der Waals surface area contributed by atoms with Gasteiger partial charge in [-0.1, -0.05) is 12.1 Å². The van der Waals surface area contributed by atoms with Crippen LogP contribution in [0.1, 0.15) is 54.1 Å². The average Bonchev–Trinajstić information content (AvgIpc) is 2.99. The van der Waals surface area contributed by atoms with Gasteiger partial charge in [-0.2, -0.15) is 0 Å². The van der Waals surface area contributed by atoms with Crippen LogP contribution >= 0.6 is 0 Å². The molecule has 5 heteroatoms. The Morgan fingerprint density at radius 2 is 1.91 bits per heavy atom. The maximum absolute atomic E-state index is 12.2. The molecule has 0 fully saturated rings. The topological polar surface area (TPSA) is 72.5 Å². The molecular weight excluding hydrogens is 294 g/mol. The standard InChI is InChI=1S/C18H23NO4/c1-12(10-18(22)23-2)19-17(21)9-8-16(20)15-7-6-13-4-3-5-14(13)11-15/h6-7,11-12H,3-5,8-10H2,1-2H3,(H,19,21). The summed E-state index contributed by atoms with van der Waals surface area (Å²) >= 11 is 0. The van der Waals surface area contributed by atoms with E-state index < -0.39 is 0 Å². The number of Topliss-reactive ketones (excluding diaryl/α,β-unsaturated/α-hetero) is 1. The highest BCUT2D eigenvalue weighted by Gasteiger charge is 2.16. The molecule has 1 aliphatic rings. The number of benzene rings is 1. The maximum atomic E-state index is 12.2. The van der Waals surface area contributed by atoms with Gasteiger partial charge in [-0.25, -0.2) is 0 Å². The van der Waals surface area contributed by atoms with E-state index in [1.807, 2.05) is 18.2 Å². The summed E-state index contributed by atoms with van der Waals surface area (Å²) in [5.74, 6) is -0.613. The summed E-state index contributed by atoms with van der Waals surface area (Å²) in [5.41, 5.74) is 3.27. The van der Waals surface area contributed by atoms with Gasteiger partial charge < -0.3 is 10.1 Å². The van der Waals surface area contributed by atoms with Gasteiger partial charge in [0.15, 0.2) is 5.78 Å². The number of amides is 1. The molecule has 23 heavy (non-hydrogen) atoms. The van der Waals surface area contributed by atoms with Gasteiger partial charge in [0.25, 0.3) is 0 Å². The number of aryl methyl sites for hydroxylation is 2. The van der Waals surface area contributed by atoms with Crippen LogP contribution in [0.2, 0.25) is 0 Å². The van der Waals surface area contributed by atoms with E-state index in [4.69, 9.17) is 0 Å². The van der Waals surface area contributed by atoms with Crippen LogP contribution in [0.15, 0.2) is 18.2 Å². The number of carbonyl (C=O) groups excluding carboxylic acids is 3. The number of carbonyl (C=O) groups is 3. The lowest BCUT2D eigenvalue weighted by atomic mass is 10.0. The zero-order valence-corrected chi connectivity index (χ0v) is 13.7. The molecule has 0 heterocycles. The molecule has 1 aliphatic carbocycles. The number of methoxy groups -OCH3 is 1. The summed E-state index contributed by atoms with van der Waals surface area (Å²) < 4.78 is 4.55. The Kier molecular flexibility index (Phi) is 5.90. The minimum absolute atomic E-state index is 0.0181. The summed E-state index contributed by atoms with van der Waals surface area (Å²) in [5, 5.41) is 2.70. The lowest BCUT2D eigenvalue weighted by Crippen LogP contribution is -2.34. The molecule has 124 valence electrons. The van der Waals surface area contributed by atoms with Crippen LogP contribution in [0.25, 0.3) is 0 Å². The molecular formula is C18H23NO4. The van der Waals surface area contributed by atoms with Crippen LogP contribution in [0, 0.1) is 0 Å². The molecule has 1 amide bonds. The van der Waals surface area contributed by atoms with Gasteiger partial charge in [0.1, 0.15) is 0 Å². The smallest absolute Gasteiger partial charge is 0.307 e. The van der Waals surface area contributed by atoms with Crippen molar-refractivity contribution in [3.8, 4) is 0 Å². The van der Waals surface area contributed by atoms with Crippen molar-refractivity contribution >= 4 is 17.7 Å². The van der Waals surface area contributed by atoms with E-state index in [-0.39, 0.29) is 43.0 Å². The molecule has 0 radical (unpaired) electrons. The van der Waals surface area contributed by atoms with Crippen molar-refractivity contribution in [3.05, 3.63) is 34.9 Å². The maximum Gasteiger partial charge on any atom is 0.307 e. The van der Waals surface area contributed by atoms with Gasteiger partial charge in [-0.3, -0.25) is 14.4 Å². The van der Waals surface area contributed by atoms with E-state index in [1.165, 1.54) is 18.2 Å². The van der Waals surface area contributed by atoms with E-state index in [0.29, 0.717) is 5.56 Å². The Balaban J connectivity index is 1.80. The molecule has 0 aromatic heterocycles. The molecule has 0 spiro atoms. The average molecular weight is 317 g/mol. The summed E-state index contributed by atoms with van der Waals surface area (Å²) in [6.07, 6.45) is 3.69. The Labute approximate surface area is 136 Å². The van der Waals surface area contributed by atoms with Gasteiger partial charge in [0.05, 0.1) is 13.5 Å². The molecule has 1 unspecified atom stereocenters. The largest absolute Gasteiger partial charge is 0.469 e. The van der Waals surface area contributed by atoms with Gasteiger partial charge in [-0.15, -0.1) is 0 Å². The first-order valence-electron chi connectivity index (χ1n) is 8.00. The van der Waals surface area contributed by atoms with Crippen molar-refractivity contribution in [3.63, 3.8) is 0 Å². The molecule has 0 aliphatic heterocycles. The van der Waals surface area contributed by atoms with Gasteiger partial charge in [-0.05, 0) is 43.4 Å². The fraction of sp³-hybridized carbons (Fsp3) is 0.500. The summed E-state index contributed by atoms with van der Waals surface area (Å²) in [7, 11) is 1.31. The fourth-order valence-electron chi connectivity index (χ4n) is 2.85. The van der Waals surface area contributed by atoms with E-state index >= 15 is 0 Å². The second-order valence-electron chi connectivity index (χ2n) is 6.01. The first-order valence-corrected chi connectivity index (χ1v) is 8.00. The van der Waals surface area contributed by atoms with Crippen LogP contribution in [-0.4, -0.2) is 30.8 Å². The fourth-order valence-corrected chi connectivity index (χ4v) is 2.85. The number of hydrogen-bond acceptors (Lipinski definition) is 4. The second kappa shape index (κ2) is 7.90. The molecule has 0 saturated carbocycles. The van der Waals surface area contributed by atoms with Crippen molar-refractivity contribution in [2.24, 2.45) is 0 Å². The quantitative estimate of drug-likeness (QED) is 0.618. The number of esters is 1. The highest BCUT2D eigenvalue weighted by atomic mass is 16.5. The van der Waals surface area contributed by atoms with Gasteiger partial charge in [0, 0.05) is 24.4 Å². The van der Waals surface area contributed by atoms with Gasteiger partial charge in [0.2, 0.25) is 5.91 Å². The number of rotatable bonds is 7. The molecule has 1 aromatic rings. The summed E-state index contributed by atoms with van der Waals surface area (Å²) in [6, 6.07) is 5.53. The van der Waals surface area contributed by atoms with Gasteiger partial charge >= 0.3 is 5.97 Å². The zero-order valence-electron chi connectivity index (χ0n) is 13.7. The molecule has 1 N–H and O–H groups in total. The van der Waals surface area contributed by atoms with E-state index in [1.54, 1.807) is 6.92 Å². The number of ether oxygens (including phenoxy) is 1. The predicted octanol–water partition coefficient (Wildman–Crippen LogP) is 2.21. The molecule has 1 aromatic carbocycles. The van der Waals surface area contributed by atoms with E-state index in [0.717, 1.165) is 19.3 Å². The third-order valence-corrected chi connectivity index (χ3v) is 4.11. The number of ketones is 1. The van der Waals surface area contributed by atoms with Crippen LogP contribution in [-0.2, 0) is 27.2 Å². The Hall–Kier alpha value is -2.17. The monoisotopic (exact) mass is 317 g/mol. The second-order valence-corrected chi connectivity index (χ2v) is 6.01. The van der Waals surface area contributed by atoms with Crippen molar-refractivity contribution in [2.45, 2.75) is 51.5 Å². The third kappa shape index (κ3) is 4.91. The van der Waals surface area contributed by atoms with E-state index in [2.05, 4.69) is 10.1 Å². The van der Waals surface area contributed by atoms with Crippen LogP contribution in [0.5, 0.6) is 0 Å². The Bertz CT molecular complexity index is 609. The van der Waals surface area contributed by atoms with Crippen LogP contribution in [0.4, 0.5) is 0 Å². The third-order valence-electron chi connectivity index (χ3n) is 4.11.